The normalized spacial score (nSPS) is 22.2. The van der Waals surface area contributed by atoms with Gasteiger partial charge < -0.3 is 15.5 Å². The summed E-state index contributed by atoms with van der Waals surface area (Å²) in [6.45, 7) is 4.55. The van der Waals surface area contributed by atoms with Gasteiger partial charge in [-0.05, 0) is 101 Å². The summed E-state index contributed by atoms with van der Waals surface area (Å²) in [7, 11) is 2.25. The first-order valence-corrected chi connectivity index (χ1v) is 10.7. The highest BCUT2D eigenvalue weighted by Gasteiger charge is 2.32. The monoisotopic (exact) mass is 425 g/mol. The lowest BCUT2D eigenvalue weighted by Crippen LogP contribution is -2.51. The van der Waals surface area contributed by atoms with E-state index in [1.54, 1.807) is 0 Å². The van der Waals surface area contributed by atoms with E-state index in [1.165, 1.54) is 74.8 Å². The van der Waals surface area contributed by atoms with Gasteiger partial charge in [-0.2, -0.15) is 0 Å². The van der Waals surface area contributed by atoms with Crippen LogP contribution in [0.2, 0.25) is 0 Å². The standard InChI is InChI=1S/C23H35N3.2ClH/c1-17(24)23-11-10-22(16-19(23)9-8-18-6-7-18)26(20-4-3-5-20)21-12-14-25(2)15-13-21;;/h8-11,16-18,20-21H,3-7,12-15,24H2,1-2H3;2*1H/b9-8+;;/t17-;;/m0../s1. The van der Waals surface area contributed by atoms with Crippen molar-refractivity contribution < 1.29 is 0 Å². The number of hydrogen-bond donors (Lipinski definition) is 1. The Morgan fingerprint density at radius 3 is 2.21 bits per heavy atom. The van der Waals surface area contributed by atoms with Gasteiger partial charge >= 0.3 is 0 Å². The molecular weight excluding hydrogens is 389 g/mol. The van der Waals surface area contributed by atoms with Crippen LogP contribution in [0.15, 0.2) is 24.3 Å². The Kier molecular flexibility index (Phi) is 8.69. The molecule has 0 bridgehead atoms. The summed E-state index contributed by atoms with van der Waals surface area (Å²) in [4.78, 5) is 5.24. The van der Waals surface area contributed by atoms with Crippen LogP contribution >= 0.6 is 24.8 Å². The van der Waals surface area contributed by atoms with E-state index in [-0.39, 0.29) is 30.9 Å². The van der Waals surface area contributed by atoms with Crippen molar-refractivity contribution in [3.05, 3.63) is 35.4 Å². The van der Waals surface area contributed by atoms with Crippen LogP contribution < -0.4 is 10.6 Å². The van der Waals surface area contributed by atoms with Crippen molar-refractivity contribution in [3.63, 3.8) is 0 Å². The van der Waals surface area contributed by atoms with Gasteiger partial charge in [0.05, 0.1) is 0 Å². The van der Waals surface area contributed by atoms with Gasteiger partial charge in [-0.25, -0.2) is 0 Å². The topological polar surface area (TPSA) is 32.5 Å². The molecule has 1 heterocycles. The fraction of sp³-hybridized carbons (Fsp3) is 0.652. The average Bonchev–Trinajstić information content (AvgIpc) is 3.41. The van der Waals surface area contributed by atoms with E-state index in [2.05, 4.69) is 54.1 Å². The van der Waals surface area contributed by atoms with Crippen LogP contribution in [-0.2, 0) is 0 Å². The van der Waals surface area contributed by atoms with Crippen molar-refractivity contribution in [3.8, 4) is 0 Å². The molecule has 0 aromatic heterocycles. The maximum atomic E-state index is 6.26. The Bertz CT molecular complexity index is 645. The Labute approximate surface area is 183 Å². The number of benzene rings is 1. The van der Waals surface area contributed by atoms with Gasteiger partial charge in [-0.1, -0.05) is 18.2 Å². The van der Waals surface area contributed by atoms with Crippen LogP contribution in [0.4, 0.5) is 5.69 Å². The predicted octanol–water partition coefficient (Wildman–Crippen LogP) is 5.43. The zero-order valence-electron chi connectivity index (χ0n) is 17.3. The highest BCUT2D eigenvalue weighted by atomic mass is 35.5. The zero-order valence-corrected chi connectivity index (χ0v) is 19.0. The Balaban J connectivity index is 0.00000140. The lowest BCUT2D eigenvalue weighted by molar-refractivity contribution is 0.230. The predicted molar refractivity (Wildman–Crippen MR) is 126 cm³/mol. The molecule has 1 aliphatic heterocycles. The molecule has 2 N–H and O–H groups in total. The Morgan fingerprint density at radius 1 is 1.04 bits per heavy atom. The van der Waals surface area contributed by atoms with Gasteiger partial charge in [0.15, 0.2) is 0 Å². The summed E-state index contributed by atoms with van der Waals surface area (Å²) in [6.07, 6.45) is 14.1. The molecule has 0 spiro atoms. The minimum Gasteiger partial charge on any atom is -0.365 e. The third-order valence-corrected chi connectivity index (χ3v) is 6.58. The maximum absolute atomic E-state index is 6.26. The number of allylic oxidation sites excluding steroid dienone is 1. The molecule has 2 saturated carbocycles. The number of piperidine rings is 1. The van der Waals surface area contributed by atoms with E-state index in [0.717, 1.165) is 12.0 Å². The van der Waals surface area contributed by atoms with Crippen LogP contribution in [0.25, 0.3) is 6.08 Å². The molecule has 28 heavy (non-hydrogen) atoms. The van der Waals surface area contributed by atoms with Crippen molar-refractivity contribution in [1.29, 1.82) is 0 Å². The lowest BCUT2D eigenvalue weighted by Gasteiger charge is -2.47. The summed E-state index contributed by atoms with van der Waals surface area (Å²) >= 11 is 0. The Morgan fingerprint density at radius 2 is 1.68 bits per heavy atom. The summed E-state index contributed by atoms with van der Waals surface area (Å²) < 4.78 is 0. The molecule has 5 heteroatoms. The number of halogens is 2. The van der Waals surface area contributed by atoms with Gasteiger partial charge in [0, 0.05) is 23.8 Å². The first kappa shape index (κ1) is 23.5. The smallest absolute Gasteiger partial charge is 0.0377 e. The molecule has 1 saturated heterocycles. The van der Waals surface area contributed by atoms with Crippen LogP contribution in [0.1, 0.15) is 69.0 Å². The first-order chi connectivity index (χ1) is 12.6. The van der Waals surface area contributed by atoms with Gasteiger partial charge in [0.25, 0.3) is 0 Å². The SMILES string of the molecule is C[C@H](N)c1ccc(N(C2CCC2)C2CCN(C)CC2)cc1/C=C/C1CC1.Cl.Cl. The molecule has 1 aromatic rings. The summed E-state index contributed by atoms with van der Waals surface area (Å²) in [5.41, 5.74) is 10.3. The average molecular weight is 426 g/mol. The summed E-state index contributed by atoms with van der Waals surface area (Å²) in [5, 5.41) is 0. The van der Waals surface area contributed by atoms with Crippen molar-refractivity contribution >= 4 is 36.6 Å². The van der Waals surface area contributed by atoms with Crippen LogP contribution in [0.3, 0.4) is 0 Å². The molecule has 4 rings (SSSR count). The summed E-state index contributed by atoms with van der Waals surface area (Å²) in [6, 6.07) is 8.57. The number of nitrogens with zero attached hydrogens (tertiary/aromatic N) is 2. The molecule has 3 fully saturated rings. The van der Waals surface area contributed by atoms with Gasteiger partial charge in [-0.3, -0.25) is 0 Å². The first-order valence-electron chi connectivity index (χ1n) is 10.7. The second-order valence-electron chi connectivity index (χ2n) is 8.82. The van der Waals surface area contributed by atoms with Crippen LogP contribution in [-0.4, -0.2) is 37.1 Å². The van der Waals surface area contributed by atoms with Gasteiger partial charge in [0.1, 0.15) is 0 Å². The maximum Gasteiger partial charge on any atom is 0.0377 e. The molecule has 0 radical (unpaired) electrons. The highest BCUT2D eigenvalue weighted by molar-refractivity contribution is 5.85. The van der Waals surface area contributed by atoms with E-state index in [4.69, 9.17) is 5.73 Å². The van der Waals surface area contributed by atoms with Crippen molar-refractivity contribution in [1.82, 2.24) is 4.90 Å². The minimum atomic E-state index is 0. The number of hydrogen-bond acceptors (Lipinski definition) is 3. The highest BCUT2D eigenvalue weighted by Crippen LogP contribution is 2.37. The minimum absolute atomic E-state index is 0. The van der Waals surface area contributed by atoms with Crippen molar-refractivity contribution in [2.45, 2.75) is 70.0 Å². The molecule has 1 atom stereocenters. The molecule has 3 nitrogen and oxygen atoms in total. The van der Waals surface area contributed by atoms with E-state index < -0.39 is 0 Å². The molecular formula is C23H37Cl2N3. The van der Waals surface area contributed by atoms with E-state index in [0.29, 0.717) is 6.04 Å². The molecule has 1 aromatic carbocycles. The number of anilines is 1. The third-order valence-electron chi connectivity index (χ3n) is 6.58. The van der Waals surface area contributed by atoms with Gasteiger partial charge in [0.2, 0.25) is 0 Å². The van der Waals surface area contributed by atoms with E-state index in [1.807, 2.05) is 0 Å². The molecule has 0 unspecified atom stereocenters. The lowest BCUT2D eigenvalue weighted by atomic mass is 9.87. The van der Waals surface area contributed by atoms with Crippen LogP contribution in [0, 0.1) is 5.92 Å². The van der Waals surface area contributed by atoms with E-state index >= 15 is 0 Å². The van der Waals surface area contributed by atoms with Crippen LogP contribution in [0.5, 0.6) is 0 Å². The number of nitrogens with two attached hydrogens (primary N) is 1. The largest absolute Gasteiger partial charge is 0.365 e. The van der Waals surface area contributed by atoms with E-state index in [9.17, 15) is 0 Å². The second-order valence-corrected chi connectivity index (χ2v) is 8.82. The number of rotatable bonds is 6. The van der Waals surface area contributed by atoms with Crippen molar-refractivity contribution in [2.75, 3.05) is 25.0 Å². The fourth-order valence-corrected chi connectivity index (χ4v) is 4.47. The fourth-order valence-electron chi connectivity index (χ4n) is 4.47. The molecule has 2 aliphatic carbocycles. The number of likely N-dealkylation sites (tertiary alicyclic amines) is 1. The second kappa shape index (κ2) is 10.3. The van der Waals surface area contributed by atoms with Gasteiger partial charge in [-0.15, -0.1) is 24.8 Å². The summed E-state index contributed by atoms with van der Waals surface area (Å²) in [5.74, 6) is 0.802. The molecule has 3 aliphatic rings. The Hall–Kier alpha value is -0.740. The van der Waals surface area contributed by atoms with Crippen molar-refractivity contribution in [2.24, 2.45) is 11.7 Å². The quantitative estimate of drug-likeness (QED) is 0.659. The zero-order chi connectivity index (χ0) is 18.1. The molecule has 0 amide bonds. The third kappa shape index (κ3) is 5.44. The molecule has 158 valence electrons.